The molecule has 0 aromatic carbocycles. The summed E-state index contributed by atoms with van der Waals surface area (Å²) >= 11 is 0. The molecule has 0 spiro atoms. The normalized spacial score (nSPS) is 11.0. The van der Waals surface area contributed by atoms with Gasteiger partial charge in [0.15, 0.2) is 0 Å². The van der Waals surface area contributed by atoms with Gasteiger partial charge < -0.3 is 0 Å². The topological polar surface area (TPSA) is 0 Å². The molecule has 0 bridgehead atoms. The number of rotatable bonds is 2. The second-order valence-electron chi connectivity index (χ2n) is 1.36. The SMILES string of the molecule is C/C=C/C[PH3]C. The van der Waals surface area contributed by atoms with Crippen molar-refractivity contribution in [3.63, 3.8) is 0 Å². The molecule has 0 aromatic rings. The van der Waals surface area contributed by atoms with E-state index in [-0.39, 0.29) is 0 Å². The molecular weight excluding hydrogens is 91.0 g/mol. The van der Waals surface area contributed by atoms with Crippen molar-refractivity contribution in [2.45, 2.75) is 6.92 Å². The third-order valence-electron chi connectivity index (χ3n) is 0.691. The Morgan fingerprint density at radius 2 is 2.33 bits per heavy atom. The fourth-order valence-corrected chi connectivity index (χ4v) is 1.00. The number of hydrogen-bond donors (Lipinski definition) is 0. The average molecular weight is 104 g/mol. The van der Waals surface area contributed by atoms with Crippen LogP contribution < -0.4 is 0 Å². The molecule has 0 rings (SSSR count). The Hall–Kier alpha value is 0.170. The number of hydrogen-bond acceptors (Lipinski definition) is 0. The standard InChI is InChI=1S/C5H13P/c1-3-4-5-6-2/h3-4H,5H2,1-2,6H3/b4-3+. The fourth-order valence-electron chi connectivity index (χ4n) is 0.333. The van der Waals surface area contributed by atoms with Crippen LogP contribution in [0.2, 0.25) is 0 Å². The summed E-state index contributed by atoms with van der Waals surface area (Å²) < 4.78 is 0. The zero-order chi connectivity index (χ0) is 4.83. The van der Waals surface area contributed by atoms with Gasteiger partial charge in [0, 0.05) is 0 Å². The molecule has 0 saturated carbocycles. The van der Waals surface area contributed by atoms with Crippen molar-refractivity contribution in [3.05, 3.63) is 12.2 Å². The zero-order valence-electron chi connectivity index (χ0n) is 4.57. The molecule has 0 aliphatic carbocycles. The van der Waals surface area contributed by atoms with Gasteiger partial charge >= 0.3 is 40.5 Å². The predicted octanol–water partition coefficient (Wildman–Crippen LogP) is 1.34. The summed E-state index contributed by atoms with van der Waals surface area (Å²) in [4.78, 5) is 0. The molecular formula is C5H13P. The summed E-state index contributed by atoms with van der Waals surface area (Å²) in [6.07, 6.45) is 5.74. The molecule has 0 fully saturated rings. The molecule has 0 aliphatic rings. The van der Waals surface area contributed by atoms with Gasteiger partial charge in [-0.15, -0.1) is 0 Å². The summed E-state index contributed by atoms with van der Waals surface area (Å²) in [7, 11) is 0.316. The zero-order valence-corrected chi connectivity index (χ0v) is 5.98. The van der Waals surface area contributed by atoms with Crippen molar-refractivity contribution in [2.24, 2.45) is 0 Å². The van der Waals surface area contributed by atoms with Gasteiger partial charge in [-0.3, -0.25) is 0 Å². The third kappa shape index (κ3) is 4.17. The Labute approximate surface area is 41.4 Å². The second-order valence-corrected chi connectivity index (χ2v) is 2.94. The van der Waals surface area contributed by atoms with Gasteiger partial charge in [0.2, 0.25) is 0 Å². The van der Waals surface area contributed by atoms with E-state index in [4.69, 9.17) is 0 Å². The van der Waals surface area contributed by atoms with Crippen molar-refractivity contribution >= 4 is 8.58 Å². The van der Waals surface area contributed by atoms with E-state index in [0.717, 1.165) is 0 Å². The van der Waals surface area contributed by atoms with E-state index < -0.39 is 0 Å². The van der Waals surface area contributed by atoms with Gasteiger partial charge in [-0.25, -0.2) is 0 Å². The van der Waals surface area contributed by atoms with Crippen LogP contribution in [0.5, 0.6) is 0 Å². The second kappa shape index (κ2) is 5.17. The molecule has 0 saturated heterocycles. The molecule has 0 unspecified atom stereocenters. The van der Waals surface area contributed by atoms with Gasteiger partial charge in [-0.2, -0.15) is 0 Å². The molecule has 0 N–H and O–H groups in total. The van der Waals surface area contributed by atoms with Crippen molar-refractivity contribution in [2.75, 3.05) is 12.8 Å². The van der Waals surface area contributed by atoms with Gasteiger partial charge in [0.1, 0.15) is 0 Å². The molecule has 1 heteroatoms. The van der Waals surface area contributed by atoms with Crippen molar-refractivity contribution in [1.82, 2.24) is 0 Å². The third-order valence-corrected chi connectivity index (χ3v) is 1.60. The summed E-state index contributed by atoms with van der Waals surface area (Å²) in [5.74, 6) is 0. The average Bonchev–Trinajstić information content (AvgIpc) is 1.61. The van der Waals surface area contributed by atoms with E-state index in [1.165, 1.54) is 6.16 Å². The van der Waals surface area contributed by atoms with Crippen LogP contribution in [0.1, 0.15) is 6.92 Å². The van der Waals surface area contributed by atoms with E-state index in [9.17, 15) is 0 Å². The van der Waals surface area contributed by atoms with Crippen LogP contribution in [0.25, 0.3) is 0 Å². The van der Waals surface area contributed by atoms with E-state index in [1.54, 1.807) is 0 Å². The Morgan fingerprint density at radius 3 is 2.50 bits per heavy atom. The first-order valence-corrected chi connectivity index (χ1v) is 4.94. The summed E-state index contributed by atoms with van der Waals surface area (Å²) in [5.41, 5.74) is 0. The molecule has 0 heterocycles. The maximum absolute atomic E-state index is 2.32. The maximum atomic E-state index is 2.32. The molecule has 0 atom stereocenters. The van der Waals surface area contributed by atoms with Gasteiger partial charge in [-0.1, -0.05) is 0 Å². The quantitative estimate of drug-likeness (QED) is 0.366. The Bertz CT molecular complexity index is 39.2. The van der Waals surface area contributed by atoms with E-state index in [0.29, 0.717) is 8.58 Å². The summed E-state index contributed by atoms with van der Waals surface area (Å²) in [5, 5.41) is 0. The molecule has 38 valence electrons. The van der Waals surface area contributed by atoms with E-state index in [1.807, 2.05) is 0 Å². The minimum atomic E-state index is 0.316. The first kappa shape index (κ1) is 6.17. The van der Waals surface area contributed by atoms with E-state index >= 15 is 0 Å². The molecule has 0 nitrogen and oxygen atoms in total. The van der Waals surface area contributed by atoms with Crippen LogP contribution in [-0.2, 0) is 0 Å². The first-order chi connectivity index (χ1) is 2.91. The monoisotopic (exact) mass is 104 g/mol. The molecule has 0 amide bonds. The van der Waals surface area contributed by atoms with Gasteiger partial charge in [-0.05, 0) is 0 Å². The summed E-state index contributed by atoms with van der Waals surface area (Å²) in [6.45, 7) is 4.39. The minimum absolute atomic E-state index is 0.316. The number of allylic oxidation sites excluding steroid dienone is 2. The molecule has 6 heavy (non-hydrogen) atoms. The predicted molar refractivity (Wildman–Crippen MR) is 36.7 cm³/mol. The van der Waals surface area contributed by atoms with Crippen molar-refractivity contribution in [3.8, 4) is 0 Å². The van der Waals surface area contributed by atoms with Crippen molar-refractivity contribution in [1.29, 1.82) is 0 Å². The van der Waals surface area contributed by atoms with Crippen LogP contribution in [0.3, 0.4) is 0 Å². The Kier molecular flexibility index (Phi) is 5.32. The first-order valence-electron chi connectivity index (χ1n) is 2.53. The van der Waals surface area contributed by atoms with Gasteiger partial charge in [0.25, 0.3) is 0 Å². The van der Waals surface area contributed by atoms with Crippen LogP contribution in [0.15, 0.2) is 12.2 Å². The Balaban J connectivity index is 2.66. The Morgan fingerprint density at radius 1 is 1.67 bits per heavy atom. The van der Waals surface area contributed by atoms with Crippen LogP contribution in [0.4, 0.5) is 0 Å². The van der Waals surface area contributed by atoms with Crippen LogP contribution in [-0.4, -0.2) is 12.8 Å². The van der Waals surface area contributed by atoms with Crippen molar-refractivity contribution < 1.29 is 0 Å². The summed E-state index contributed by atoms with van der Waals surface area (Å²) in [6, 6.07) is 0. The molecule has 0 aromatic heterocycles. The van der Waals surface area contributed by atoms with E-state index in [2.05, 4.69) is 25.7 Å². The molecule has 0 aliphatic heterocycles. The van der Waals surface area contributed by atoms with Gasteiger partial charge in [0.05, 0.1) is 0 Å². The van der Waals surface area contributed by atoms with Crippen LogP contribution >= 0.6 is 8.58 Å². The van der Waals surface area contributed by atoms with Crippen LogP contribution in [0, 0.1) is 0 Å². The molecule has 0 radical (unpaired) electrons. The fraction of sp³-hybridized carbons (Fsp3) is 0.600.